The Labute approximate surface area is 91.3 Å². The summed E-state index contributed by atoms with van der Waals surface area (Å²) in [6.07, 6.45) is 6.17. The predicted molar refractivity (Wildman–Crippen MR) is 58.1 cm³/mol. The van der Waals surface area contributed by atoms with Gasteiger partial charge in [-0.05, 0) is 0 Å². The van der Waals surface area contributed by atoms with E-state index in [0.29, 0.717) is 12.3 Å². The Bertz CT molecular complexity index is 370. The molecule has 0 aliphatic carbocycles. The van der Waals surface area contributed by atoms with Gasteiger partial charge >= 0.3 is 5.97 Å². The summed E-state index contributed by atoms with van der Waals surface area (Å²) in [7, 11) is 0. The van der Waals surface area contributed by atoms with E-state index in [9.17, 15) is 4.79 Å². The predicted octanol–water partition coefficient (Wildman–Crippen LogP) is 1.15. The summed E-state index contributed by atoms with van der Waals surface area (Å²) in [5.74, 6) is 2.88. The molecule has 0 aliphatic heterocycles. The van der Waals surface area contributed by atoms with Crippen molar-refractivity contribution in [3.8, 4) is 12.3 Å². The molecule has 0 saturated heterocycles. The third-order valence-corrected chi connectivity index (χ3v) is 2.29. The van der Waals surface area contributed by atoms with Gasteiger partial charge in [-0.2, -0.15) is 4.98 Å². The van der Waals surface area contributed by atoms with E-state index in [4.69, 9.17) is 15.9 Å². The minimum atomic E-state index is -1.10. The van der Waals surface area contributed by atoms with Crippen LogP contribution in [0.15, 0.2) is 10.7 Å². The molecule has 0 spiro atoms. The third kappa shape index (κ3) is 3.95. The first-order valence-corrected chi connectivity index (χ1v) is 5.33. The third-order valence-electron chi connectivity index (χ3n) is 1.43. The van der Waals surface area contributed by atoms with Crippen LogP contribution in [0.1, 0.15) is 10.5 Å². The zero-order chi connectivity index (χ0) is 11.1. The lowest BCUT2D eigenvalue weighted by molar-refractivity contribution is 0.0690. The molecule has 0 unspecified atom stereocenters. The Morgan fingerprint density at radius 3 is 3.20 bits per heavy atom. The van der Waals surface area contributed by atoms with Crippen LogP contribution in [-0.4, -0.2) is 34.1 Å². The van der Waals surface area contributed by atoms with Gasteiger partial charge in [-0.25, -0.2) is 4.79 Å². The van der Waals surface area contributed by atoms with Crippen LogP contribution in [0.3, 0.4) is 0 Å². The molecule has 0 bridgehead atoms. The van der Waals surface area contributed by atoms with E-state index in [-0.39, 0.29) is 11.7 Å². The highest BCUT2D eigenvalue weighted by molar-refractivity contribution is 7.99. The van der Waals surface area contributed by atoms with Crippen LogP contribution in [0.5, 0.6) is 0 Å². The van der Waals surface area contributed by atoms with E-state index in [1.807, 2.05) is 0 Å². The minimum absolute atomic E-state index is 0.103. The van der Waals surface area contributed by atoms with Gasteiger partial charge in [-0.3, -0.25) is 0 Å². The zero-order valence-corrected chi connectivity index (χ0v) is 8.71. The van der Waals surface area contributed by atoms with E-state index in [0.717, 1.165) is 12.0 Å². The number of carbonyl (C=O) groups is 1. The lowest BCUT2D eigenvalue weighted by Gasteiger charge is -1.98. The Hall–Kier alpha value is -1.61. The maximum atomic E-state index is 10.5. The minimum Gasteiger partial charge on any atom is -0.476 e. The number of rotatable bonds is 6. The molecule has 15 heavy (non-hydrogen) atoms. The second-order valence-electron chi connectivity index (χ2n) is 2.53. The Morgan fingerprint density at radius 1 is 1.80 bits per heavy atom. The lowest BCUT2D eigenvalue weighted by Crippen LogP contribution is -2.05. The summed E-state index contributed by atoms with van der Waals surface area (Å²) in [6, 6.07) is 0.216. The second-order valence-corrected chi connectivity index (χ2v) is 3.63. The molecule has 0 fully saturated rings. The monoisotopic (exact) mass is 226 g/mol. The number of carboxylic acids is 1. The SMILES string of the molecule is C#CCSCCNc1nc(C(=O)O)co1. The normalized spacial score (nSPS) is 9.53. The number of terminal acetylenes is 1. The van der Waals surface area contributed by atoms with Crippen molar-refractivity contribution in [1.29, 1.82) is 0 Å². The fourth-order valence-corrected chi connectivity index (χ4v) is 1.32. The molecule has 0 radical (unpaired) electrons. The smallest absolute Gasteiger partial charge is 0.357 e. The standard InChI is InChI=1S/C9H10N2O3S/c1-2-4-15-5-3-10-9-11-7(6-14-9)8(12)13/h1,6H,3-5H2,(H,10,11)(H,12,13). The molecule has 0 saturated carbocycles. The number of thioether (sulfide) groups is 1. The first-order valence-electron chi connectivity index (χ1n) is 4.18. The number of anilines is 1. The molecule has 1 aromatic heterocycles. The maximum absolute atomic E-state index is 10.5. The highest BCUT2D eigenvalue weighted by atomic mass is 32.2. The van der Waals surface area contributed by atoms with Crippen molar-refractivity contribution in [2.75, 3.05) is 23.4 Å². The average molecular weight is 226 g/mol. The van der Waals surface area contributed by atoms with Crippen LogP contribution in [0, 0.1) is 12.3 Å². The summed E-state index contributed by atoms with van der Waals surface area (Å²) >= 11 is 1.60. The van der Waals surface area contributed by atoms with Crippen LogP contribution in [0.25, 0.3) is 0 Å². The highest BCUT2D eigenvalue weighted by Gasteiger charge is 2.09. The van der Waals surface area contributed by atoms with Crippen molar-refractivity contribution in [2.24, 2.45) is 0 Å². The van der Waals surface area contributed by atoms with Crippen molar-refractivity contribution >= 4 is 23.7 Å². The van der Waals surface area contributed by atoms with Crippen LogP contribution in [-0.2, 0) is 0 Å². The number of nitrogens with one attached hydrogen (secondary N) is 1. The Balaban J connectivity index is 2.26. The molecule has 80 valence electrons. The molecule has 0 amide bonds. The highest BCUT2D eigenvalue weighted by Crippen LogP contribution is 2.07. The molecular weight excluding hydrogens is 216 g/mol. The molecule has 0 aromatic carbocycles. The Kier molecular flexibility index (Phi) is 4.57. The van der Waals surface area contributed by atoms with Crippen LogP contribution in [0.4, 0.5) is 6.01 Å². The number of nitrogens with zero attached hydrogens (tertiary/aromatic N) is 1. The van der Waals surface area contributed by atoms with Crippen LogP contribution in [0.2, 0.25) is 0 Å². The van der Waals surface area contributed by atoms with Crippen molar-refractivity contribution in [3.63, 3.8) is 0 Å². The quantitative estimate of drug-likeness (QED) is 0.560. The molecule has 1 aromatic rings. The molecule has 2 N–H and O–H groups in total. The second kappa shape index (κ2) is 5.98. The van der Waals surface area contributed by atoms with Gasteiger partial charge in [-0.1, -0.05) is 5.92 Å². The summed E-state index contributed by atoms with van der Waals surface area (Å²) < 4.78 is 4.88. The number of carboxylic acid groups (broad SMARTS) is 1. The van der Waals surface area contributed by atoms with E-state index in [1.165, 1.54) is 0 Å². The molecule has 0 atom stereocenters. The number of aromatic carboxylic acids is 1. The van der Waals surface area contributed by atoms with Crippen LogP contribution < -0.4 is 5.32 Å². The summed E-state index contributed by atoms with van der Waals surface area (Å²) in [4.78, 5) is 14.2. The number of hydrogen-bond donors (Lipinski definition) is 2. The zero-order valence-electron chi connectivity index (χ0n) is 7.90. The van der Waals surface area contributed by atoms with Gasteiger partial charge in [-0.15, -0.1) is 18.2 Å². The van der Waals surface area contributed by atoms with Crippen LogP contribution >= 0.6 is 11.8 Å². The molecule has 1 rings (SSSR count). The largest absolute Gasteiger partial charge is 0.476 e. The van der Waals surface area contributed by atoms with Gasteiger partial charge in [0.15, 0.2) is 5.69 Å². The lowest BCUT2D eigenvalue weighted by atomic mass is 10.5. The van der Waals surface area contributed by atoms with E-state index in [1.54, 1.807) is 11.8 Å². The molecular formula is C9H10N2O3S. The maximum Gasteiger partial charge on any atom is 0.357 e. The van der Waals surface area contributed by atoms with E-state index < -0.39 is 5.97 Å². The summed E-state index contributed by atoms with van der Waals surface area (Å²) in [6.45, 7) is 0.631. The van der Waals surface area contributed by atoms with Crippen molar-refractivity contribution < 1.29 is 14.3 Å². The van der Waals surface area contributed by atoms with Gasteiger partial charge in [0.05, 0.1) is 5.75 Å². The summed E-state index contributed by atoms with van der Waals surface area (Å²) in [5.41, 5.74) is -0.103. The van der Waals surface area contributed by atoms with Gasteiger partial charge in [0, 0.05) is 12.3 Å². The van der Waals surface area contributed by atoms with Crippen molar-refractivity contribution in [1.82, 2.24) is 4.98 Å². The van der Waals surface area contributed by atoms with Crippen molar-refractivity contribution in [2.45, 2.75) is 0 Å². The fourth-order valence-electron chi connectivity index (χ4n) is 0.814. The first kappa shape index (κ1) is 11.5. The number of oxazole rings is 1. The van der Waals surface area contributed by atoms with Gasteiger partial charge in [0.1, 0.15) is 6.26 Å². The van der Waals surface area contributed by atoms with Gasteiger partial charge in [0.2, 0.25) is 0 Å². The molecule has 1 heterocycles. The number of hydrogen-bond acceptors (Lipinski definition) is 5. The molecule has 5 nitrogen and oxygen atoms in total. The Morgan fingerprint density at radius 2 is 2.60 bits per heavy atom. The molecule has 0 aliphatic rings. The van der Waals surface area contributed by atoms with Gasteiger partial charge < -0.3 is 14.8 Å². The number of aromatic nitrogens is 1. The average Bonchev–Trinajstić information content (AvgIpc) is 2.66. The van der Waals surface area contributed by atoms with Gasteiger partial charge in [0.25, 0.3) is 6.01 Å². The first-order chi connectivity index (χ1) is 7.24. The topological polar surface area (TPSA) is 75.4 Å². The molecule has 6 heteroatoms. The van der Waals surface area contributed by atoms with E-state index in [2.05, 4.69) is 16.2 Å². The fraction of sp³-hybridized carbons (Fsp3) is 0.333. The van der Waals surface area contributed by atoms with Crippen molar-refractivity contribution in [3.05, 3.63) is 12.0 Å². The summed E-state index contributed by atoms with van der Waals surface area (Å²) in [5, 5.41) is 11.4. The van der Waals surface area contributed by atoms with E-state index >= 15 is 0 Å².